The molecule has 18 heavy (non-hydrogen) atoms. The maximum Gasteiger partial charge on any atom is 0.257 e. The Bertz CT molecular complexity index is 500. The molecule has 1 atom stereocenters. The lowest BCUT2D eigenvalue weighted by atomic mass is 10.1. The van der Waals surface area contributed by atoms with Crippen molar-refractivity contribution in [2.24, 2.45) is 0 Å². The number of nitrogen functional groups attached to an aromatic ring is 1. The van der Waals surface area contributed by atoms with E-state index in [0.717, 1.165) is 0 Å². The first kappa shape index (κ1) is 12.8. The summed E-state index contributed by atoms with van der Waals surface area (Å²) in [5.41, 5.74) is 5.44. The fraction of sp³-hybridized carbons (Fsp3) is 0.462. The van der Waals surface area contributed by atoms with Crippen LogP contribution in [-0.2, 0) is 0 Å². The Morgan fingerprint density at radius 1 is 1.56 bits per heavy atom. The van der Waals surface area contributed by atoms with Gasteiger partial charge >= 0.3 is 0 Å². The van der Waals surface area contributed by atoms with Crippen molar-refractivity contribution in [3.05, 3.63) is 29.1 Å². The molecule has 98 valence electrons. The molecular formula is C13H17FN2O2. The van der Waals surface area contributed by atoms with Crippen molar-refractivity contribution in [3.63, 3.8) is 0 Å². The van der Waals surface area contributed by atoms with Gasteiger partial charge in [0.25, 0.3) is 5.91 Å². The molecule has 1 heterocycles. The summed E-state index contributed by atoms with van der Waals surface area (Å²) in [5.74, 6) is -0.957. The number of halogens is 1. The normalized spacial score (nSPS) is 23.4. The molecule has 1 amide bonds. The zero-order valence-corrected chi connectivity index (χ0v) is 10.5. The summed E-state index contributed by atoms with van der Waals surface area (Å²) < 4.78 is 13.9. The van der Waals surface area contributed by atoms with Gasteiger partial charge in [-0.25, -0.2) is 4.39 Å². The van der Waals surface area contributed by atoms with E-state index in [1.54, 1.807) is 13.8 Å². The van der Waals surface area contributed by atoms with Crippen LogP contribution in [-0.4, -0.2) is 34.6 Å². The zero-order valence-electron chi connectivity index (χ0n) is 10.5. The first-order chi connectivity index (χ1) is 8.30. The Hall–Kier alpha value is -1.62. The van der Waals surface area contributed by atoms with E-state index in [1.165, 1.54) is 17.0 Å². The standard InChI is InChI=1S/C13H17FN2O2/c1-8-5-9(15)6-10(11(8)14)12(17)16-4-3-13(2,18)7-16/h5-6,18H,3-4,7,15H2,1-2H3. The smallest absolute Gasteiger partial charge is 0.257 e. The van der Waals surface area contributed by atoms with E-state index in [-0.39, 0.29) is 12.1 Å². The summed E-state index contributed by atoms with van der Waals surface area (Å²) in [6, 6.07) is 2.84. The van der Waals surface area contributed by atoms with Gasteiger partial charge in [0.05, 0.1) is 11.2 Å². The van der Waals surface area contributed by atoms with Crippen molar-refractivity contribution in [3.8, 4) is 0 Å². The molecule has 2 rings (SSSR count). The number of rotatable bonds is 1. The molecule has 4 nitrogen and oxygen atoms in total. The maximum absolute atomic E-state index is 13.9. The van der Waals surface area contributed by atoms with Crippen molar-refractivity contribution in [2.45, 2.75) is 25.9 Å². The Labute approximate surface area is 105 Å². The van der Waals surface area contributed by atoms with Crippen LogP contribution in [0.25, 0.3) is 0 Å². The molecule has 0 bridgehead atoms. The highest BCUT2D eigenvalue weighted by molar-refractivity contribution is 5.95. The molecule has 0 aromatic heterocycles. The van der Waals surface area contributed by atoms with Crippen LogP contribution in [0.1, 0.15) is 29.3 Å². The minimum Gasteiger partial charge on any atom is -0.399 e. The number of anilines is 1. The van der Waals surface area contributed by atoms with E-state index in [9.17, 15) is 14.3 Å². The summed E-state index contributed by atoms with van der Waals surface area (Å²) >= 11 is 0. The van der Waals surface area contributed by atoms with Crippen LogP contribution in [0.2, 0.25) is 0 Å². The van der Waals surface area contributed by atoms with E-state index < -0.39 is 17.3 Å². The lowest BCUT2D eigenvalue weighted by Crippen LogP contribution is -2.34. The fourth-order valence-corrected chi connectivity index (χ4v) is 2.24. The van der Waals surface area contributed by atoms with Crippen molar-refractivity contribution in [1.29, 1.82) is 0 Å². The third-order valence-corrected chi connectivity index (χ3v) is 3.25. The number of carbonyl (C=O) groups is 1. The van der Waals surface area contributed by atoms with Gasteiger partial charge in [0, 0.05) is 18.8 Å². The Morgan fingerprint density at radius 3 is 2.78 bits per heavy atom. The summed E-state index contributed by atoms with van der Waals surface area (Å²) in [6.45, 7) is 3.89. The Kier molecular flexibility index (Phi) is 3.02. The van der Waals surface area contributed by atoms with Gasteiger partial charge in [0.15, 0.2) is 0 Å². The van der Waals surface area contributed by atoms with Gasteiger partial charge in [0.2, 0.25) is 0 Å². The molecule has 0 aliphatic carbocycles. The predicted molar refractivity (Wildman–Crippen MR) is 66.7 cm³/mol. The maximum atomic E-state index is 13.9. The molecule has 1 unspecified atom stereocenters. The number of aryl methyl sites for hydroxylation is 1. The van der Waals surface area contributed by atoms with Crippen molar-refractivity contribution < 1.29 is 14.3 Å². The number of carbonyl (C=O) groups excluding carboxylic acids is 1. The van der Waals surface area contributed by atoms with E-state index >= 15 is 0 Å². The van der Waals surface area contributed by atoms with Crippen LogP contribution in [0, 0.1) is 12.7 Å². The van der Waals surface area contributed by atoms with E-state index in [0.29, 0.717) is 24.2 Å². The van der Waals surface area contributed by atoms with Crippen LogP contribution in [0.3, 0.4) is 0 Å². The topological polar surface area (TPSA) is 66.6 Å². The van der Waals surface area contributed by atoms with Crippen LogP contribution in [0.15, 0.2) is 12.1 Å². The summed E-state index contributed by atoms with van der Waals surface area (Å²) in [6.07, 6.45) is 0.502. The monoisotopic (exact) mass is 252 g/mol. The van der Waals surface area contributed by atoms with Gasteiger partial charge in [-0.15, -0.1) is 0 Å². The molecule has 1 saturated heterocycles. The number of benzene rings is 1. The van der Waals surface area contributed by atoms with Crippen LogP contribution in [0.5, 0.6) is 0 Å². The molecule has 1 aromatic rings. The molecule has 1 fully saturated rings. The number of nitrogens with two attached hydrogens (primary N) is 1. The number of hydrogen-bond acceptors (Lipinski definition) is 3. The average molecular weight is 252 g/mol. The summed E-state index contributed by atoms with van der Waals surface area (Å²) in [5, 5.41) is 9.83. The number of hydrogen-bond donors (Lipinski definition) is 2. The third kappa shape index (κ3) is 2.31. The number of aliphatic hydroxyl groups is 1. The molecule has 3 N–H and O–H groups in total. The Balaban J connectivity index is 2.30. The Morgan fingerprint density at radius 2 is 2.22 bits per heavy atom. The molecule has 0 radical (unpaired) electrons. The van der Waals surface area contributed by atoms with E-state index in [2.05, 4.69) is 0 Å². The second kappa shape index (κ2) is 4.24. The fourth-order valence-electron chi connectivity index (χ4n) is 2.24. The lowest BCUT2D eigenvalue weighted by Gasteiger charge is -2.19. The quantitative estimate of drug-likeness (QED) is 0.741. The molecule has 0 spiro atoms. The molecule has 1 aliphatic heterocycles. The van der Waals surface area contributed by atoms with Crippen LogP contribution in [0.4, 0.5) is 10.1 Å². The highest BCUT2D eigenvalue weighted by Gasteiger charge is 2.35. The van der Waals surface area contributed by atoms with Gasteiger partial charge < -0.3 is 15.7 Å². The number of nitrogens with zero attached hydrogens (tertiary/aromatic N) is 1. The second-order valence-electron chi connectivity index (χ2n) is 5.17. The van der Waals surface area contributed by atoms with E-state index in [1.807, 2.05) is 0 Å². The van der Waals surface area contributed by atoms with Crippen molar-refractivity contribution in [1.82, 2.24) is 4.90 Å². The van der Waals surface area contributed by atoms with E-state index in [4.69, 9.17) is 5.73 Å². The van der Waals surface area contributed by atoms with Gasteiger partial charge in [0.1, 0.15) is 5.82 Å². The lowest BCUT2D eigenvalue weighted by molar-refractivity contribution is 0.0569. The molecule has 1 aromatic carbocycles. The zero-order chi connectivity index (χ0) is 13.5. The molecule has 1 aliphatic rings. The van der Waals surface area contributed by atoms with Crippen LogP contribution < -0.4 is 5.73 Å². The van der Waals surface area contributed by atoms with Gasteiger partial charge in [-0.1, -0.05) is 0 Å². The summed E-state index contributed by atoms with van der Waals surface area (Å²) in [4.78, 5) is 13.6. The van der Waals surface area contributed by atoms with Crippen LogP contribution >= 0.6 is 0 Å². The minimum absolute atomic E-state index is 0.0230. The predicted octanol–water partition coefficient (Wildman–Crippen LogP) is 1.31. The molecular weight excluding hydrogens is 235 g/mol. The largest absolute Gasteiger partial charge is 0.399 e. The highest BCUT2D eigenvalue weighted by atomic mass is 19.1. The first-order valence-corrected chi connectivity index (χ1v) is 5.87. The number of β-amino-alcohol motifs (C(OH)–C–C–N with tert-alkyl or cyclic N) is 1. The van der Waals surface area contributed by atoms with Crippen molar-refractivity contribution in [2.75, 3.05) is 18.8 Å². The van der Waals surface area contributed by atoms with Crippen molar-refractivity contribution >= 4 is 11.6 Å². The third-order valence-electron chi connectivity index (χ3n) is 3.25. The minimum atomic E-state index is -0.887. The van der Waals surface area contributed by atoms with Gasteiger partial charge in [-0.3, -0.25) is 4.79 Å². The highest BCUT2D eigenvalue weighted by Crippen LogP contribution is 2.24. The average Bonchev–Trinajstić information content (AvgIpc) is 2.63. The SMILES string of the molecule is Cc1cc(N)cc(C(=O)N2CCC(C)(O)C2)c1F. The van der Waals surface area contributed by atoms with Gasteiger partial charge in [-0.2, -0.15) is 0 Å². The molecule has 5 heteroatoms. The van der Waals surface area contributed by atoms with Gasteiger partial charge in [-0.05, 0) is 38.0 Å². The molecule has 0 saturated carbocycles. The number of amides is 1. The first-order valence-electron chi connectivity index (χ1n) is 5.87. The summed E-state index contributed by atoms with van der Waals surface area (Å²) in [7, 11) is 0. The number of likely N-dealkylation sites (tertiary alicyclic amines) is 1. The second-order valence-corrected chi connectivity index (χ2v) is 5.17.